The second-order valence-electron chi connectivity index (χ2n) is 4.03. The Balaban J connectivity index is 2.56. The van der Waals surface area contributed by atoms with Crippen molar-refractivity contribution in [3.63, 3.8) is 0 Å². The maximum atomic E-state index is 12.4. The number of hydrogen-bond donors (Lipinski definition) is 0. The number of hydrogen-bond acceptors (Lipinski definition) is 5. The van der Waals surface area contributed by atoms with Crippen LogP contribution in [0.25, 0.3) is 11.0 Å². The Labute approximate surface area is 131 Å². The number of aromatic nitrogens is 2. The topological polar surface area (TPSA) is 80.2 Å². The summed E-state index contributed by atoms with van der Waals surface area (Å²) < 4.78 is 25.8. The molecule has 1 heterocycles. The SMILES string of the molecule is CCN(C[C]=O)S(=O)(=O)c1ccc2nc(Cl)c(Cl)nc2c1. The molecule has 0 bridgehead atoms. The minimum absolute atomic E-state index is 0.000195. The van der Waals surface area contributed by atoms with E-state index in [0.717, 1.165) is 4.31 Å². The van der Waals surface area contributed by atoms with E-state index in [1.54, 1.807) is 13.2 Å². The molecule has 1 aromatic carbocycles. The third kappa shape index (κ3) is 3.16. The third-order valence-corrected chi connectivity index (χ3v) is 5.33. The first-order valence-corrected chi connectivity index (χ1v) is 8.07. The quantitative estimate of drug-likeness (QED) is 0.827. The van der Waals surface area contributed by atoms with Gasteiger partial charge in [-0.15, -0.1) is 0 Å². The lowest BCUT2D eigenvalue weighted by molar-refractivity contribution is 0.452. The van der Waals surface area contributed by atoms with E-state index in [2.05, 4.69) is 9.97 Å². The summed E-state index contributed by atoms with van der Waals surface area (Å²) in [6, 6.07) is 4.20. The van der Waals surface area contributed by atoms with Crippen molar-refractivity contribution < 1.29 is 13.2 Å². The van der Waals surface area contributed by atoms with Crippen molar-refractivity contribution in [3.05, 3.63) is 28.5 Å². The van der Waals surface area contributed by atoms with Crippen LogP contribution < -0.4 is 0 Å². The Morgan fingerprint density at radius 3 is 2.38 bits per heavy atom. The largest absolute Gasteiger partial charge is 0.289 e. The van der Waals surface area contributed by atoms with E-state index in [1.165, 1.54) is 18.2 Å². The summed E-state index contributed by atoms with van der Waals surface area (Å²) in [6.07, 6.45) is 1.58. The molecule has 1 aromatic heterocycles. The molecule has 0 unspecified atom stereocenters. The van der Waals surface area contributed by atoms with Crippen LogP contribution in [0, 0.1) is 0 Å². The molecular formula is C12H10Cl2N3O3S. The van der Waals surface area contributed by atoms with Crippen molar-refractivity contribution in [2.75, 3.05) is 13.1 Å². The first-order chi connectivity index (χ1) is 9.90. The number of halogens is 2. The molecule has 0 atom stereocenters. The van der Waals surface area contributed by atoms with Gasteiger partial charge in [-0.3, -0.25) is 4.79 Å². The summed E-state index contributed by atoms with van der Waals surface area (Å²) in [5, 5.41) is 0.0396. The molecule has 9 heteroatoms. The molecule has 0 amide bonds. The van der Waals surface area contributed by atoms with Gasteiger partial charge in [0.05, 0.1) is 22.5 Å². The lowest BCUT2D eigenvalue weighted by Gasteiger charge is -2.17. The second kappa shape index (κ2) is 6.23. The van der Waals surface area contributed by atoms with Crippen molar-refractivity contribution in [1.82, 2.24) is 14.3 Å². The summed E-state index contributed by atoms with van der Waals surface area (Å²) in [4.78, 5) is 18.5. The molecule has 0 saturated carbocycles. The standard InChI is InChI=1S/C12H10Cl2N3O3S/c1-2-17(5-6-18)21(19,20)8-3-4-9-10(7-8)16-12(14)11(13)15-9/h3-4,7H,2,5H2,1H3. The van der Waals surface area contributed by atoms with E-state index in [0.29, 0.717) is 11.0 Å². The van der Waals surface area contributed by atoms with Crippen LogP contribution in [0.2, 0.25) is 10.3 Å². The van der Waals surface area contributed by atoms with Gasteiger partial charge < -0.3 is 0 Å². The first kappa shape index (κ1) is 16.1. The number of likely N-dealkylation sites (N-methyl/N-ethyl adjacent to an activating group) is 1. The average Bonchev–Trinajstić information content (AvgIpc) is 2.45. The number of sulfonamides is 1. The van der Waals surface area contributed by atoms with Gasteiger partial charge in [0, 0.05) is 6.54 Å². The Morgan fingerprint density at radius 1 is 1.19 bits per heavy atom. The molecule has 0 aliphatic heterocycles. The monoisotopic (exact) mass is 346 g/mol. The predicted octanol–water partition coefficient (Wildman–Crippen LogP) is 2.06. The number of carbonyl (C=O) groups excluding carboxylic acids is 1. The highest BCUT2D eigenvalue weighted by Gasteiger charge is 2.23. The van der Waals surface area contributed by atoms with E-state index < -0.39 is 10.0 Å². The van der Waals surface area contributed by atoms with Gasteiger partial charge in [0.1, 0.15) is 0 Å². The van der Waals surface area contributed by atoms with Crippen molar-refractivity contribution >= 4 is 50.5 Å². The van der Waals surface area contributed by atoms with Crippen molar-refractivity contribution in [3.8, 4) is 0 Å². The van der Waals surface area contributed by atoms with Crippen molar-refractivity contribution in [2.45, 2.75) is 11.8 Å². The number of rotatable bonds is 5. The third-order valence-electron chi connectivity index (χ3n) is 2.79. The minimum Gasteiger partial charge on any atom is -0.289 e. The lowest BCUT2D eigenvalue weighted by Crippen LogP contribution is -2.32. The van der Waals surface area contributed by atoms with Crippen LogP contribution in [0.5, 0.6) is 0 Å². The lowest BCUT2D eigenvalue weighted by atomic mass is 10.3. The van der Waals surface area contributed by atoms with Crippen LogP contribution in [0.3, 0.4) is 0 Å². The van der Waals surface area contributed by atoms with Gasteiger partial charge in [0.15, 0.2) is 10.3 Å². The number of benzene rings is 1. The normalized spacial score (nSPS) is 12.0. The number of fused-ring (bicyclic) bond motifs is 1. The first-order valence-electron chi connectivity index (χ1n) is 5.88. The maximum absolute atomic E-state index is 12.4. The van der Waals surface area contributed by atoms with Crippen LogP contribution in [-0.4, -0.2) is 42.1 Å². The summed E-state index contributed by atoms with van der Waals surface area (Å²) in [5.41, 5.74) is 0.727. The maximum Gasteiger partial charge on any atom is 0.243 e. The smallest absolute Gasteiger partial charge is 0.243 e. The molecule has 0 saturated heterocycles. The van der Waals surface area contributed by atoms with Crippen LogP contribution >= 0.6 is 23.2 Å². The van der Waals surface area contributed by atoms with Gasteiger partial charge >= 0.3 is 0 Å². The molecule has 2 aromatic rings. The molecule has 0 aliphatic carbocycles. The summed E-state index contributed by atoms with van der Waals surface area (Å²) >= 11 is 11.5. The van der Waals surface area contributed by atoms with Gasteiger partial charge in [0.25, 0.3) is 0 Å². The Bertz CT molecular complexity index is 796. The Hall–Kier alpha value is -1.28. The van der Waals surface area contributed by atoms with Crippen LogP contribution in [0.4, 0.5) is 0 Å². The molecule has 0 fully saturated rings. The van der Waals surface area contributed by atoms with Crippen LogP contribution in [0.1, 0.15) is 6.92 Å². The fraction of sp³-hybridized carbons (Fsp3) is 0.250. The van der Waals surface area contributed by atoms with Gasteiger partial charge in [0.2, 0.25) is 16.3 Å². The highest BCUT2D eigenvalue weighted by Crippen LogP contribution is 2.24. The van der Waals surface area contributed by atoms with Crippen molar-refractivity contribution in [2.24, 2.45) is 0 Å². The predicted molar refractivity (Wildman–Crippen MR) is 79.7 cm³/mol. The molecule has 111 valence electrons. The highest BCUT2D eigenvalue weighted by atomic mass is 35.5. The van der Waals surface area contributed by atoms with Crippen LogP contribution in [-0.2, 0) is 14.8 Å². The Kier molecular flexibility index (Phi) is 4.77. The zero-order chi connectivity index (χ0) is 15.6. The molecule has 1 radical (unpaired) electrons. The van der Waals surface area contributed by atoms with E-state index in [-0.39, 0.29) is 28.3 Å². The molecule has 0 spiro atoms. The van der Waals surface area contributed by atoms with E-state index in [4.69, 9.17) is 23.2 Å². The molecular weight excluding hydrogens is 337 g/mol. The molecule has 2 rings (SSSR count). The molecule has 0 N–H and O–H groups in total. The zero-order valence-corrected chi connectivity index (χ0v) is 13.2. The fourth-order valence-corrected chi connectivity index (χ4v) is 3.37. The zero-order valence-electron chi connectivity index (χ0n) is 10.9. The van der Waals surface area contributed by atoms with Crippen LogP contribution in [0.15, 0.2) is 23.1 Å². The highest BCUT2D eigenvalue weighted by molar-refractivity contribution is 7.89. The van der Waals surface area contributed by atoms with Gasteiger partial charge in [-0.25, -0.2) is 18.4 Å². The van der Waals surface area contributed by atoms with Gasteiger partial charge in [-0.2, -0.15) is 4.31 Å². The van der Waals surface area contributed by atoms with E-state index in [9.17, 15) is 13.2 Å². The Morgan fingerprint density at radius 2 is 1.81 bits per heavy atom. The van der Waals surface area contributed by atoms with Gasteiger partial charge in [-0.05, 0) is 18.2 Å². The average molecular weight is 347 g/mol. The summed E-state index contributed by atoms with van der Waals surface area (Å²) in [5.74, 6) is 0. The van der Waals surface area contributed by atoms with Gasteiger partial charge in [-0.1, -0.05) is 30.1 Å². The minimum atomic E-state index is -3.80. The summed E-state index contributed by atoms with van der Waals surface area (Å²) in [7, 11) is -3.80. The van der Waals surface area contributed by atoms with E-state index >= 15 is 0 Å². The summed E-state index contributed by atoms with van der Waals surface area (Å²) in [6.45, 7) is 1.46. The van der Waals surface area contributed by atoms with E-state index in [1.807, 2.05) is 0 Å². The number of nitrogens with zero attached hydrogens (tertiary/aromatic N) is 3. The van der Waals surface area contributed by atoms with Crippen molar-refractivity contribution in [1.29, 1.82) is 0 Å². The molecule has 0 aliphatic rings. The molecule has 21 heavy (non-hydrogen) atoms. The fourth-order valence-electron chi connectivity index (χ4n) is 1.74. The second-order valence-corrected chi connectivity index (χ2v) is 6.69. The molecule has 6 nitrogen and oxygen atoms in total.